The largest absolute Gasteiger partial charge is 0.482 e. The van der Waals surface area contributed by atoms with Crippen molar-refractivity contribution in [2.75, 3.05) is 12.9 Å². The fraction of sp³-hybridized carbons (Fsp3) is 0.308. The van der Waals surface area contributed by atoms with Crippen LogP contribution in [-0.2, 0) is 20.9 Å². The van der Waals surface area contributed by atoms with Crippen molar-refractivity contribution in [3.8, 4) is 5.75 Å². The average Bonchev–Trinajstić information content (AvgIpc) is 2.41. The molecular formula is C13H12F3NO4S. The summed E-state index contributed by atoms with van der Waals surface area (Å²) < 4.78 is 68.5. The molecule has 0 aliphatic heterocycles. The Bertz CT molecular complexity index is 774. The third-order valence-electron chi connectivity index (χ3n) is 2.66. The highest BCUT2D eigenvalue weighted by Crippen LogP contribution is 2.28. The van der Waals surface area contributed by atoms with Crippen LogP contribution in [0.25, 0.3) is 10.9 Å². The summed E-state index contributed by atoms with van der Waals surface area (Å²) in [6, 6.07) is 6.60. The maximum Gasteiger partial charge on any atom is 0.422 e. The van der Waals surface area contributed by atoms with Crippen LogP contribution in [-0.4, -0.2) is 32.4 Å². The van der Waals surface area contributed by atoms with Gasteiger partial charge in [-0.1, -0.05) is 18.2 Å². The molecule has 0 atom stereocenters. The van der Waals surface area contributed by atoms with Crippen LogP contribution in [0.1, 0.15) is 5.56 Å². The Morgan fingerprint density at radius 3 is 2.55 bits per heavy atom. The number of halogens is 3. The molecule has 9 heteroatoms. The molecule has 0 spiro atoms. The van der Waals surface area contributed by atoms with E-state index in [1.807, 2.05) is 0 Å². The number of ether oxygens (including phenoxy) is 1. The number of rotatable bonds is 5. The quantitative estimate of drug-likeness (QED) is 0.786. The monoisotopic (exact) mass is 335 g/mol. The standard InChI is InChI=1S/C13H12F3NO4S/c1-22(18,19)21-7-10-9-4-2-3-5-11(9)17-6-12(10)20-8-13(14,15)16/h2-6H,7-8H2,1H3. The van der Waals surface area contributed by atoms with Gasteiger partial charge in [0.1, 0.15) is 5.75 Å². The summed E-state index contributed by atoms with van der Waals surface area (Å²) in [6.45, 7) is -1.94. The highest BCUT2D eigenvalue weighted by molar-refractivity contribution is 7.85. The van der Waals surface area contributed by atoms with E-state index in [0.717, 1.165) is 12.5 Å². The predicted octanol–water partition coefficient (Wildman–Crippen LogP) is 2.65. The summed E-state index contributed by atoms with van der Waals surface area (Å²) in [4.78, 5) is 3.99. The van der Waals surface area contributed by atoms with E-state index in [2.05, 4.69) is 9.17 Å². The molecule has 22 heavy (non-hydrogen) atoms. The molecule has 0 bridgehead atoms. The minimum absolute atomic E-state index is 0.167. The van der Waals surface area contributed by atoms with Crippen LogP contribution in [0.3, 0.4) is 0 Å². The lowest BCUT2D eigenvalue weighted by Crippen LogP contribution is -2.20. The van der Waals surface area contributed by atoms with Gasteiger partial charge in [-0.2, -0.15) is 21.6 Å². The van der Waals surface area contributed by atoms with Gasteiger partial charge >= 0.3 is 6.18 Å². The van der Waals surface area contributed by atoms with Gasteiger partial charge in [0.25, 0.3) is 10.1 Å². The molecule has 0 aliphatic rings. The van der Waals surface area contributed by atoms with Crippen LogP contribution in [0.4, 0.5) is 13.2 Å². The van der Waals surface area contributed by atoms with Crippen LogP contribution in [0.2, 0.25) is 0 Å². The molecule has 1 aromatic carbocycles. The second kappa shape index (κ2) is 6.09. The molecule has 0 N–H and O–H groups in total. The van der Waals surface area contributed by atoms with Gasteiger partial charge in [0, 0.05) is 10.9 Å². The Labute approximate surface area is 124 Å². The first-order valence-corrected chi connectivity index (χ1v) is 7.88. The molecule has 1 aromatic heterocycles. The van der Waals surface area contributed by atoms with Gasteiger partial charge in [-0.3, -0.25) is 9.17 Å². The second-order valence-electron chi connectivity index (χ2n) is 4.49. The van der Waals surface area contributed by atoms with Crippen molar-refractivity contribution in [2.24, 2.45) is 0 Å². The molecule has 0 saturated carbocycles. The van der Waals surface area contributed by atoms with Crippen LogP contribution in [0, 0.1) is 0 Å². The first-order chi connectivity index (χ1) is 10.2. The van der Waals surface area contributed by atoms with Gasteiger partial charge in [-0.15, -0.1) is 0 Å². The van der Waals surface area contributed by atoms with Crippen molar-refractivity contribution in [3.05, 3.63) is 36.0 Å². The van der Waals surface area contributed by atoms with Gasteiger partial charge in [0.05, 0.1) is 24.6 Å². The van der Waals surface area contributed by atoms with Crippen LogP contribution in [0.15, 0.2) is 30.5 Å². The third kappa shape index (κ3) is 4.57. The summed E-state index contributed by atoms with van der Waals surface area (Å²) in [5.74, 6) is -0.167. The van der Waals surface area contributed by atoms with Gasteiger partial charge in [0.15, 0.2) is 6.61 Å². The molecule has 0 fully saturated rings. The van der Waals surface area contributed by atoms with Crippen molar-refractivity contribution in [1.29, 1.82) is 0 Å². The van der Waals surface area contributed by atoms with Gasteiger partial charge in [-0.05, 0) is 6.07 Å². The highest BCUT2D eigenvalue weighted by atomic mass is 32.2. The summed E-state index contributed by atoms with van der Waals surface area (Å²) >= 11 is 0. The number of nitrogens with zero attached hydrogens (tertiary/aromatic N) is 1. The molecule has 120 valence electrons. The van der Waals surface area contributed by atoms with Crippen molar-refractivity contribution >= 4 is 21.0 Å². The minimum Gasteiger partial charge on any atom is -0.482 e. The van der Waals surface area contributed by atoms with Crippen molar-refractivity contribution < 1.29 is 30.5 Å². The van der Waals surface area contributed by atoms with Crippen molar-refractivity contribution in [3.63, 3.8) is 0 Å². The number of benzene rings is 1. The molecule has 5 nitrogen and oxygen atoms in total. The van der Waals surface area contributed by atoms with Crippen LogP contribution >= 0.6 is 0 Å². The van der Waals surface area contributed by atoms with E-state index in [9.17, 15) is 21.6 Å². The molecule has 2 aromatic rings. The molecular weight excluding hydrogens is 323 g/mol. The van der Waals surface area contributed by atoms with E-state index < -0.39 is 29.5 Å². The van der Waals surface area contributed by atoms with Gasteiger partial charge in [-0.25, -0.2) is 0 Å². The normalized spacial score (nSPS) is 12.5. The summed E-state index contributed by atoms with van der Waals surface area (Å²) in [7, 11) is -3.75. The molecule has 1 heterocycles. The fourth-order valence-corrected chi connectivity index (χ4v) is 2.11. The Kier molecular flexibility index (Phi) is 4.57. The Balaban J connectivity index is 2.41. The number of para-hydroxylation sites is 1. The zero-order valence-electron chi connectivity index (χ0n) is 11.4. The second-order valence-corrected chi connectivity index (χ2v) is 6.13. The molecule has 0 saturated heterocycles. The lowest BCUT2D eigenvalue weighted by Gasteiger charge is -2.14. The van der Waals surface area contributed by atoms with Crippen LogP contribution in [0.5, 0.6) is 5.75 Å². The number of hydrogen-bond acceptors (Lipinski definition) is 5. The average molecular weight is 335 g/mol. The van der Waals surface area contributed by atoms with E-state index in [4.69, 9.17) is 4.74 Å². The van der Waals surface area contributed by atoms with Crippen molar-refractivity contribution in [1.82, 2.24) is 4.98 Å². The van der Waals surface area contributed by atoms with Crippen molar-refractivity contribution in [2.45, 2.75) is 12.8 Å². The fourth-order valence-electron chi connectivity index (χ4n) is 1.78. The highest BCUT2D eigenvalue weighted by Gasteiger charge is 2.29. The number of hydrogen-bond donors (Lipinski definition) is 0. The lowest BCUT2D eigenvalue weighted by molar-refractivity contribution is -0.153. The number of pyridine rings is 1. The SMILES string of the molecule is CS(=O)(=O)OCc1c(OCC(F)(F)F)cnc2ccccc12. The maximum atomic E-state index is 12.3. The maximum absolute atomic E-state index is 12.3. The summed E-state index contributed by atoms with van der Waals surface area (Å²) in [5, 5.41) is 0.464. The number of aromatic nitrogens is 1. The molecule has 0 aliphatic carbocycles. The van der Waals surface area contributed by atoms with E-state index in [1.165, 1.54) is 0 Å². The van der Waals surface area contributed by atoms with E-state index in [0.29, 0.717) is 10.9 Å². The Hall–Kier alpha value is -1.87. The zero-order chi connectivity index (χ0) is 16.4. The Morgan fingerprint density at radius 1 is 1.23 bits per heavy atom. The Morgan fingerprint density at radius 2 is 1.91 bits per heavy atom. The van der Waals surface area contributed by atoms with Gasteiger partial charge < -0.3 is 4.74 Å². The summed E-state index contributed by atoms with van der Waals surface area (Å²) in [5.41, 5.74) is 0.689. The number of fused-ring (bicyclic) bond motifs is 1. The van der Waals surface area contributed by atoms with E-state index >= 15 is 0 Å². The topological polar surface area (TPSA) is 65.5 Å². The van der Waals surface area contributed by atoms with Crippen LogP contribution < -0.4 is 4.74 Å². The predicted molar refractivity (Wildman–Crippen MR) is 72.9 cm³/mol. The van der Waals surface area contributed by atoms with E-state index in [-0.39, 0.29) is 11.3 Å². The zero-order valence-corrected chi connectivity index (χ0v) is 12.2. The number of alkyl halides is 3. The first-order valence-electron chi connectivity index (χ1n) is 6.06. The molecule has 0 amide bonds. The van der Waals surface area contributed by atoms with E-state index in [1.54, 1.807) is 24.3 Å². The first kappa shape index (κ1) is 16.5. The minimum atomic E-state index is -4.51. The molecule has 0 radical (unpaired) electrons. The third-order valence-corrected chi connectivity index (χ3v) is 3.20. The molecule has 2 rings (SSSR count). The van der Waals surface area contributed by atoms with Gasteiger partial charge in [0.2, 0.25) is 0 Å². The summed E-state index contributed by atoms with van der Waals surface area (Å²) in [6.07, 6.45) is -2.54. The smallest absolute Gasteiger partial charge is 0.422 e. The molecule has 0 unspecified atom stereocenters. The lowest BCUT2D eigenvalue weighted by atomic mass is 10.1.